The van der Waals surface area contributed by atoms with Crippen molar-refractivity contribution in [1.29, 1.82) is 0 Å². The minimum Gasteiger partial charge on any atom is -0.495 e. The van der Waals surface area contributed by atoms with Gasteiger partial charge in [0, 0.05) is 0 Å². The van der Waals surface area contributed by atoms with Crippen LogP contribution in [0.5, 0.6) is 5.75 Å². The number of esters is 1. The average Bonchev–Trinajstić information content (AvgIpc) is 3.03. The standard InChI is InChI=1S/C24H33BClFO5/c1-21(2,3)30-20(28)18-16(27)9-8-14(19(18)29-7)12-17(26)25-31-23(6)11-10-15-13-24(23,32-25)22(15,4)5/h8-9,15,17H,10-13H2,1-7H3/t15?,17-,23?,24?/m1/s1. The van der Waals surface area contributed by atoms with E-state index in [0.29, 0.717) is 17.9 Å². The van der Waals surface area contributed by atoms with E-state index < -0.39 is 29.8 Å². The Morgan fingerprint density at radius 2 is 2.00 bits per heavy atom. The van der Waals surface area contributed by atoms with E-state index in [1.54, 1.807) is 26.8 Å². The molecule has 0 N–H and O–H groups in total. The molecule has 32 heavy (non-hydrogen) atoms. The van der Waals surface area contributed by atoms with Crippen LogP contribution in [0, 0.1) is 17.2 Å². The van der Waals surface area contributed by atoms with Crippen LogP contribution in [0.15, 0.2) is 12.1 Å². The summed E-state index contributed by atoms with van der Waals surface area (Å²) in [4.78, 5) is 12.7. The molecule has 4 fully saturated rings. The summed E-state index contributed by atoms with van der Waals surface area (Å²) in [7, 11) is 0.809. The summed E-state index contributed by atoms with van der Waals surface area (Å²) in [6, 6.07) is 2.83. The highest BCUT2D eigenvalue weighted by Gasteiger charge is 2.76. The third-order valence-corrected chi connectivity index (χ3v) is 8.18. The second-order valence-corrected chi connectivity index (χ2v) is 11.7. The summed E-state index contributed by atoms with van der Waals surface area (Å²) >= 11 is 6.81. The second kappa shape index (κ2) is 7.61. The Morgan fingerprint density at radius 3 is 2.56 bits per heavy atom. The number of hydrogen-bond donors (Lipinski definition) is 0. The van der Waals surface area contributed by atoms with Crippen LogP contribution < -0.4 is 4.74 Å². The van der Waals surface area contributed by atoms with Crippen LogP contribution in [0.4, 0.5) is 4.39 Å². The molecule has 1 aliphatic heterocycles. The fourth-order valence-electron chi connectivity index (χ4n) is 6.00. The molecule has 8 heteroatoms. The first-order valence-corrected chi connectivity index (χ1v) is 11.8. The van der Waals surface area contributed by atoms with Gasteiger partial charge in [-0.15, -0.1) is 11.6 Å². The smallest absolute Gasteiger partial charge is 0.477 e. The lowest BCUT2D eigenvalue weighted by atomic mass is 9.41. The van der Waals surface area contributed by atoms with Crippen LogP contribution in [0.25, 0.3) is 0 Å². The van der Waals surface area contributed by atoms with E-state index in [4.69, 9.17) is 30.4 Å². The van der Waals surface area contributed by atoms with Crippen LogP contribution in [-0.4, -0.2) is 42.3 Å². The van der Waals surface area contributed by atoms with Crippen LogP contribution >= 0.6 is 11.6 Å². The summed E-state index contributed by atoms with van der Waals surface area (Å²) in [6.45, 7) is 11.8. The van der Waals surface area contributed by atoms with Gasteiger partial charge in [0.15, 0.2) is 0 Å². The molecule has 3 aliphatic carbocycles. The number of fused-ring (bicyclic) bond motifs is 1. The highest BCUT2D eigenvalue weighted by Crippen LogP contribution is 2.70. The van der Waals surface area contributed by atoms with Crippen molar-refractivity contribution in [3.8, 4) is 5.75 Å². The van der Waals surface area contributed by atoms with Crippen LogP contribution in [-0.2, 0) is 20.5 Å². The number of benzene rings is 1. The number of rotatable bonds is 5. The Labute approximate surface area is 195 Å². The molecule has 2 bridgehead atoms. The van der Waals surface area contributed by atoms with E-state index in [1.807, 2.05) is 0 Å². The minimum absolute atomic E-state index is 0.0306. The molecule has 176 valence electrons. The van der Waals surface area contributed by atoms with Gasteiger partial charge < -0.3 is 18.8 Å². The minimum atomic E-state index is -0.770. The molecule has 0 aromatic heterocycles. The lowest BCUT2D eigenvalue weighted by Gasteiger charge is -2.69. The maximum absolute atomic E-state index is 14.6. The first kappa shape index (κ1) is 23.8. The molecule has 3 saturated carbocycles. The lowest BCUT2D eigenvalue weighted by Crippen LogP contribution is -2.73. The maximum Gasteiger partial charge on any atom is 0.477 e. The van der Waals surface area contributed by atoms with Crippen molar-refractivity contribution in [2.45, 2.75) is 89.3 Å². The fourth-order valence-corrected chi connectivity index (χ4v) is 6.27. The number of ether oxygens (including phenoxy) is 2. The zero-order valence-corrected chi connectivity index (χ0v) is 20.8. The van der Waals surface area contributed by atoms with E-state index in [9.17, 15) is 9.18 Å². The number of alkyl halides is 1. The summed E-state index contributed by atoms with van der Waals surface area (Å²) < 4.78 is 38.4. The molecule has 1 aromatic carbocycles. The van der Waals surface area contributed by atoms with Gasteiger partial charge in [0.05, 0.1) is 23.6 Å². The first-order valence-electron chi connectivity index (χ1n) is 11.3. The SMILES string of the molecule is COc1c(C[C@@H](Cl)B2OC3(C)CCC4CC3(O2)C4(C)C)ccc(F)c1C(=O)OC(C)(C)C. The van der Waals surface area contributed by atoms with Gasteiger partial charge >= 0.3 is 13.1 Å². The van der Waals surface area contributed by atoms with Gasteiger partial charge in [-0.3, -0.25) is 0 Å². The maximum atomic E-state index is 14.6. The predicted octanol–water partition coefficient (Wildman–Crippen LogP) is 5.35. The zero-order chi connectivity index (χ0) is 23.7. The molecule has 4 atom stereocenters. The number of carbonyl (C=O) groups excluding carboxylic acids is 1. The molecule has 1 aromatic rings. The molecule has 5 rings (SSSR count). The van der Waals surface area contributed by atoms with E-state index >= 15 is 0 Å². The van der Waals surface area contributed by atoms with E-state index in [-0.39, 0.29) is 27.9 Å². The largest absolute Gasteiger partial charge is 0.495 e. The van der Waals surface area contributed by atoms with Crippen molar-refractivity contribution in [3.05, 3.63) is 29.1 Å². The summed E-state index contributed by atoms with van der Waals surface area (Å²) in [5, 5.41) is -0.535. The van der Waals surface area contributed by atoms with Gasteiger partial charge in [0.1, 0.15) is 22.7 Å². The topological polar surface area (TPSA) is 54.0 Å². The molecular weight excluding hydrogens is 434 g/mol. The van der Waals surface area contributed by atoms with Gasteiger partial charge in [0.2, 0.25) is 0 Å². The number of hydrogen-bond acceptors (Lipinski definition) is 5. The fraction of sp³-hybridized carbons (Fsp3) is 0.708. The van der Waals surface area contributed by atoms with Crippen LogP contribution in [0.3, 0.4) is 0 Å². The zero-order valence-electron chi connectivity index (χ0n) is 20.0. The molecule has 1 heterocycles. The van der Waals surface area contributed by atoms with Crippen molar-refractivity contribution < 1.29 is 28.0 Å². The van der Waals surface area contributed by atoms with Crippen molar-refractivity contribution in [1.82, 2.24) is 0 Å². The van der Waals surface area contributed by atoms with Crippen molar-refractivity contribution >= 4 is 24.7 Å². The van der Waals surface area contributed by atoms with E-state index in [2.05, 4.69) is 20.8 Å². The molecule has 4 aliphatic rings. The second-order valence-electron chi connectivity index (χ2n) is 11.2. The normalized spacial score (nSPS) is 31.5. The van der Waals surface area contributed by atoms with Gasteiger partial charge in [0.25, 0.3) is 0 Å². The Morgan fingerprint density at radius 1 is 1.31 bits per heavy atom. The van der Waals surface area contributed by atoms with E-state index in [0.717, 1.165) is 19.3 Å². The average molecular weight is 467 g/mol. The molecule has 0 amide bonds. The summed E-state index contributed by atoms with van der Waals surface area (Å²) in [6.07, 6.45) is 3.35. The highest BCUT2D eigenvalue weighted by atomic mass is 35.5. The van der Waals surface area contributed by atoms with Gasteiger partial charge in [-0.25, -0.2) is 9.18 Å². The Kier molecular flexibility index (Phi) is 5.67. The predicted molar refractivity (Wildman–Crippen MR) is 122 cm³/mol. The third kappa shape index (κ3) is 3.47. The lowest BCUT2D eigenvalue weighted by molar-refractivity contribution is -0.257. The molecule has 0 radical (unpaired) electrons. The number of halogens is 2. The first-order chi connectivity index (χ1) is 14.7. The third-order valence-electron chi connectivity index (χ3n) is 7.82. The Hall–Kier alpha value is -1.31. The van der Waals surface area contributed by atoms with Gasteiger partial charge in [-0.2, -0.15) is 0 Å². The summed E-state index contributed by atoms with van der Waals surface area (Å²) in [5.41, 5.74) is -1.07. The van der Waals surface area contributed by atoms with Crippen molar-refractivity contribution in [2.24, 2.45) is 11.3 Å². The highest BCUT2D eigenvalue weighted by molar-refractivity contribution is 6.60. The quantitative estimate of drug-likeness (QED) is 0.332. The Bertz CT molecular complexity index is 932. The van der Waals surface area contributed by atoms with Crippen molar-refractivity contribution in [3.63, 3.8) is 0 Å². The molecular formula is C24H33BClFO5. The van der Waals surface area contributed by atoms with Gasteiger partial charge in [-0.05, 0) is 76.3 Å². The molecule has 5 nitrogen and oxygen atoms in total. The van der Waals surface area contributed by atoms with Crippen LogP contribution in [0.2, 0.25) is 0 Å². The molecule has 1 spiro atoms. The van der Waals surface area contributed by atoms with Crippen LogP contribution in [0.1, 0.15) is 76.7 Å². The van der Waals surface area contributed by atoms with Crippen molar-refractivity contribution in [2.75, 3.05) is 7.11 Å². The number of methoxy groups -OCH3 is 1. The molecule has 3 unspecified atom stereocenters. The number of carbonyl (C=O) groups is 1. The molecule has 1 saturated heterocycles. The monoisotopic (exact) mass is 466 g/mol. The summed E-state index contributed by atoms with van der Waals surface area (Å²) in [5.74, 6) is -0.694. The van der Waals surface area contributed by atoms with Gasteiger partial charge in [-0.1, -0.05) is 19.9 Å². The van der Waals surface area contributed by atoms with E-state index in [1.165, 1.54) is 13.2 Å². The Balaban J connectivity index is 1.57.